The minimum absolute atomic E-state index is 0.356. The van der Waals surface area contributed by atoms with Crippen LogP contribution < -0.4 is 0 Å². The number of nitrogens with zero attached hydrogens (tertiary/aromatic N) is 1. The van der Waals surface area contributed by atoms with Gasteiger partial charge in [0.25, 0.3) is 0 Å². The summed E-state index contributed by atoms with van der Waals surface area (Å²) in [4.78, 5) is 11.1. The number of halogens is 1. The number of aromatic nitrogens is 1. The van der Waals surface area contributed by atoms with Crippen LogP contribution in [0.2, 0.25) is 0 Å². The number of carboxylic acid groups (broad SMARTS) is 1. The fraction of sp³-hybridized carbons (Fsp3) is 0.250. The number of fused-ring (bicyclic) bond motifs is 1. The summed E-state index contributed by atoms with van der Waals surface area (Å²) in [6, 6.07) is 7.54. The van der Waals surface area contributed by atoms with Gasteiger partial charge in [-0.3, -0.25) is 0 Å². The van der Waals surface area contributed by atoms with Gasteiger partial charge in [-0.15, -0.1) is 0 Å². The summed E-state index contributed by atoms with van der Waals surface area (Å²) in [5.41, 5.74) is 1.33. The molecule has 1 aromatic carbocycles. The van der Waals surface area contributed by atoms with Gasteiger partial charge in [-0.05, 0) is 30.7 Å². The molecule has 0 saturated heterocycles. The summed E-state index contributed by atoms with van der Waals surface area (Å²) in [6.45, 7) is 2.77. The summed E-state index contributed by atoms with van der Waals surface area (Å²) in [5.74, 6) is -0.874. The lowest BCUT2D eigenvalue weighted by Gasteiger charge is -2.05. The highest BCUT2D eigenvalue weighted by atomic mass is 79.9. The average Bonchev–Trinajstić information content (AvgIpc) is 2.57. The third-order valence-electron chi connectivity index (χ3n) is 2.53. The summed E-state index contributed by atoms with van der Waals surface area (Å²) in [7, 11) is 0. The molecule has 0 radical (unpaired) electrons. The van der Waals surface area contributed by atoms with Gasteiger partial charge in [-0.1, -0.05) is 22.9 Å². The van der Waals surface area contributed by atoms with Gasteiger partial charge in [0.2, 0.25) is 0 Å². The zero-order valence-corrected chi connectivity index (χ0v) is 10.5. The summed E-state index contributed by atoms with van der Waals surface area (Å²) in [6.07, 6.45) is 0.917. The number of hydrogen-bond donors (Lipinski definition) is 1. The number of hydrogen-bond acceptors (Lipinski definition) is 1. The summed E-state index contributed by atoms with van der Waals surface area (Å²) in [5, 5.41) is 10.1. The van der Waals surface area contributed by atoms with Crippen LogP contribution in [-0.2, 0) is 6.54 Å². The van der Waals surface area contributed by atoms with Crippen molar-refractivity contribution in [2.45, 2.75) is 19.9 Å². The minimum atomic E-state index is -0.874. The van der Waals surface area contributed by atoms with E-state index < -0.39 is 5.97 Å². The maximum Gasteiger partial charge on any atom is 0.352 e. The first kappa shape index (κ1) is 11.2. The molecule has 0 atom stereocenters. The van der Waals surface area contributed by atoms with Crippen molar-refractivity contribution in [3.63, 3.8) is 0 Å². The highest BCUT2D eigenvalue weighted by Gasteiger charge is 2.13. The van der Waals surface area contributed by atoms with Gasteiger partial charge >= 0.3 is 5.97 Å². The first-order valence-electron chi connectivity index (χ1n) is 5.15. The van der Waals surface area contributed by atoms with Crippen molar-refractivity contribution in [3.05, 3.63) is 34.4 Å². The third-order valence-corrected chi connectivity index (χ3v) is 3.02. The molecule has 1 heterocycles. The molecule has 0 aliphatic carbocycles. The quantitative estimate of drug-likeness (QED) is 0.936. The molecular formula is C12H12BrNO2. The van der Waals surface area contributed by atoms with Crippen LogP contribution in [0.4, 0.5) is 0 Å². The number of carbonyl (C=O) groups is 1. The fourth-order valence-corrected chi connectivity index (χ4v) is 2.26. The van der Waals surface area contributed by atoms with Gasteiger partial charge in [-0.2, -0.15) is 0 Å². The molecule has 3 nitrogen and oxygen atoms in total. The van der Waals surface area contributed by atoms with E-state index in [9.17, 15) is 4.79 Å². The molecule has 0 amide bonds. The van der Waals surface area contributed by atoms with Crippen LogP contribution in [0.25, 0.3) is 10.9 Å². The molecule has 0 saturated carbocycles. The van der Waals surface area contributed by atoms with Crippen molar-refractivity contribution in [2.24, 2.45) is 0 Å². The Balaban J connectivity index is 2.70. The largest absolute Gasteiger partial charge is 0.477 e. The molecule has 2 aromatic rings. The Labute approximate surface area is 102 Å². The second-order valence-electron chi connectivity index (χ2n) is 3.69. The Hall–Kier alpha value is -1.29. The zero-order chi connectivity index (χ0) is 11.7. The van der Waals surface area contributed by atoms with E-state index in [2.05, 4.69) is 15.9 Å². The second kappa shape index (κ2) is 4.29. The fourth-order valence-electron chi connectivity index (χ4n) is 1.88. The van der Waals surface area contributed by atoms with E-state index >= 15 is 0 Å². The van der Waals surface area contributed by atoms with Crippen molar-refractivity contribution >= 4 is 32.8 Å². The maximum atomic E-state index is 11.1. The van der Waals surface area contributed by atoms with Crippen molar-refractivity contribution < 1.29 is 9.90 Å². The molecule has 0 aliphatic heterocycles. The van der Waals surface area contributed by atoms with E-state index in [1.165, 1.54) is 0 Å². The van der Waals surface area contributed by atoms with Crippen LogP contribution in [-0.4, -0.2) is 15.6 Å². The molecule has 0 bridgehead atoms. The molecule has 16 heavy (non-hydrogen) atoms. The third kappa shape index (κ3) is 1.85. The monoisotopic (exact) mass is 281 g/mol. The Bertz CT molecular complexity index is 545. The van der Waals surface area contributed by atoms with E-state index in [-0.39, 0.29) is 0 Å². The first-order chi connectivity index (χ1) is 7.63. The SMILES string of the molecule is CCCn1c(C(=O)O)cc2cc(Br)ccc21. The Morgan fingerprint density at radius 2 is 2.19 bits per heavy atom. The molecule has 1 N–H and O–H groups in total. The molecule has 2 rings (SSSR count). The highest BCUT2D eigenvalue weighted by molar-refractivity contribution is 9.10. The van der Waals surface area contributed by atoms with Crippen LogP contribution >= 0.6 is 15.9 Å². The number of aromatic carboxylic acids is 1. The summed E-state index contributed by atoms with van der Waals surface area (Å²) >= 11 is 3.39. The van der Waals surface area contributed by atoms with E-state index in [1.54, 1.807) is 6.07 Å². The van der Waals surface area contributed by atoms with Crippen LogP contribution in [0, 0.1) is 0 Å². The lowest BCUT2D eigenvalue weighted by molar-refractivity contribution is 0.0685. The van der Waals surface area contributed by atoms with Crippen molar-refractivity contribution in [1.82, 2.24) is 4.57 Å². The summed E-state index contributed by atoms with van der Waals surface area (Å²) < 4.78 is 2.81. The molecule has 1 aromatic heterocycles. The van der Waals surface area contributed by atoms with E-state index in [4.69, 9.17) is 5.11 Å². The van der Waals surface area contributed by atoms with Crippen LogP contribution in [0.5, 0.6) is 0 Å². The minimum Gasteiger partial charge on any atom is -0.477 e. The maximum absolute atomic E-state index is 11.1. The van der Waals surface area contributed by atoms with E-state index in [0.29, 0.717) is 5.69 Å². The van der Waals surface area contributed by atoms with Gasteiger partial charge in [0.1, 0.15) is 5.69 Å². The molecule has 0 spiro atoms. The Morgan fingerprint density at radius 1 is 1.44 bits per heavy atom. The molecule has 84 valence electrons. The predicted octanol–water partition coefficient (Wildman–Crippen LogP) is 3.51. The van der Waals surface area contributed by atoms with E-state index in [0.717, 1.165) is 28.3 Å². The molecular weight excluding hydrogens is 270 g/mol. The van der Waals surface area contributed by atoms with Gasteiger partial charge in [-0.25, -0.2) is 4.79 Å². The van der Waals surface area contributed by atoms with Crippen molar-refractivity contribution in [2.75, 3.05) is 0 Å². The first-order valence-corrected chi connectivity index (χ1v) is 5.95. The van der Waals surface area contributed by atoms with Crippen molar-refractivity contribution in [1.29, 1.82) is 0 Å². The molecule has 0 fully saturated rings. The molecule has 4 heteroatoms. The van der Waals surface area contributed by atoms with Crippen molar-refractivity contribution in [3.8, 4) is 0 Å². The number of carboxylic acids is 1. The number of aryl methyl sites for hydroxylation is 1. The second-order valence-corrected chi connectivity index (χ2v) is 4.61. The Morgan fingerprint density at radius 3 is 2.81 bits per heavy atom. The van der Waals surface area contributed by atoms with Gasteiger partial charge in [0.15, 0.2) is 0 Å². The predicted molar refractivity (Wildman–Crippen MR) is 66.9 cm³/mol. The van der Waals surface area contributed by atoms with Gasteiger partial charge in [0, 0.05) is 21.9 Å². The Kier molecular flexibility index (Phi) is 3.01. The zero-order valence-electron chi connectivity index (χ0n) is 8.90. The van der Waals surface area contributed by atoms with Crippen LogP contribution in [0.15, 0.2) is 28.7 Å². The topological polar surface area (TPSA) is 42.2 Å². The normalized spacial score (nSPS) is 10.9. The van der Waals surface area contributed by atoms with Gasteiger partial charge in [0.05, 0.1) is 0 Å². The highest BCUT2D eigenvalue weighted by Crippen LogP contribution is 2.24. The smallest absolute Gasteiger partial charge is 0.352 e. The van der Waals surface area contributed by atoms with Crippen LogP contribution in [0.1, 0.15) is 23.8 Å². The van der Waals surface area contributed by atoms with Gasteiger partial charge < -0.3 is 9.67 Å². The molecule has 0 unspecified atom stereocenters. The van der Waals surface area contributed by atoms with E-state index in [1.807, 2.05) is 29.7 Å². The lowest BCUT2D eigenvalue weighted by Crippen LogP contribution is -2.07. The molecule has 0 aliphatic rings. The number of rotatable bonds is 3. The standard InChI is InChI=1S/C12H12BrNO2/c1-2-5-14-10-4-3-9(13)6-8(10)7-11(14)12(15)16/h3-4,6-7H,2,5H2,1H3,(H,15,16). The lowest BCUT2D eigenvalue weighted by atomic mass is 10.2. The number of benzene rings is 1. The van der Waals surface area contributed by atoms with Crippen LogP contribution in [0.3, 0.4) is 0 Å². The average molecular weight is 282 g/mol.